The Morgan fingerprint density at radius 1 is 1.15 bits per heavy atom. The molecule has 0 spiro atoms. The molecule has 0 atom stereocenters. The fraction of sp³-hybridized carbons (Fsp3) is 0. The minimum atomic E-state index is -0.301. The van der Waals surface area contributed by atoms with E-state index in [0.29, 0.717) is 0 Å². The second kappa shape index (κ2) is 2.88. The number of hydrogen-bond donors (Lipinski definition) is 0. The first kappa shape index (κ1) is 7.20. The van der Waals surface area contributed by atoms with Crippen molar-refractivity contribution in [1.29, 1.82) is 0 Å². The van der Waals surface area contributed by atoms with Crippen molar-refractivity contribution in [3.63, 3.8) is 0 Å². The molecule has 2 heterocycles. The quantitative estimate of drug-likeness (QED) is 0.387. The van der Waals surface area contributed by atoms with Crippen LogP contribution in [0.5, 0.6) is 0 Å². The summed E-state index contributed by atoms with van der Waals surface area (Å²) < 4.78 is 0. The van der Waals surface area contributed by atoms with Crippen LogP contribution in [-0.4, -0.2) is 35.9 Å². The van der Waals surface area contributed by atoms with Crippen molar-refractivity contribution in [2.75, 3.05) is 0 Å². The highest BCUT2D eigenvalue weighted by Crippen LogP contribution is 2.11. The maximum Gasteiger partial charge on any atom is 0.302 e. The molecule has 0 saturated carbocycles. The second-order valence-corrected chi connectivity index (χ2v) is 1.73. The molecule has 0 amide bonds. The molecule has 2 aromatic heterocycles. The molecule has 2 rings (SSSR count). The van der Waals surface area contributed by atoms with Crippen molar-refractivity contribution >= 4 is 11.9 Å². The summed E-state index contributed by atoms with van der Waals surface area (Å²) in [5.74, 6) is -0.482. The van der Waals surface area contributed by atoms with Crippen LogP contribution in [0.4, 0.5) is 11.9 Å². The van der Waals surface area contributed by atoms with Crippen molar-refractivity contribution in [3.8, 4) is 0 Å². The largest absolute Gasteiger partial charge is 0.422 e. The van der Waals surface area contributed by atoms with Crippen LogP contribution in [0.15, 0.2) is 0 Å². The van der Waals surface area contributed by atoms with Crippen LogP contribution >= 0.6 is 0 Å². The monoisotopic (exact) mass is 180 g/mol. The van der Waals surface area contributed by atoms with Crippen LogP contribution in [0.25, 0.3) is 5.43 Å². The molecule has 0 aliphatic carbocycles. The van der Waals surface area contributed by atoms with Crippen LogP contribution in [-0.2, 0) is 0 Å². The lowest BCUT2D eigenvalue weighted by Crippen LogP contribution is -1.96. The second-order valence-electron chi connectivity index (χ2n) is 1.73. The van der Waals surface area contributed by atoms with E-state index in [-0.39, 0.29) is 16.8 Å². The van der Waals surface area contributed by atoms with Crippen molar-refractivity contribution < 1.29 is 4.87 Å². The lowest BCUT2D eigenvalue weighted by Gasteiger charge is -2.15. The van der Waals surface area contributed by atoms with E-state index in [2.05, 4.69) is 46.7 Å². The standard InChI is InChI=1S/C2N10O/c13-12(2-5-10-11-6-2)7-1-3-8-9-4-1/q-2. The zero-order valence-corrected chi connectivity index (χ0v) is 5.88. The minimum Gasteiger partial charge on any atom is -0.422 e. The Kier molecular flexibility index (Phi) is 1.60. The molecule has 11 nitrogen and oxygen atoms in total. The van der Waals surface area contributed by atoms with E-state index in [1.54, 1.807) is 0 Å². The fourth-order valence-electron chi connectivity index (χ4n) is 0.522. The van der Waals surface area contributed by atoms with Gasteiger partial charge in [0.2, 0.25) is 0 Å². The third kappa shape index (κ3) is 1.42. The van der Waals surface area contributed by atoms with Gasteiger partial charge in [-0.15, -0.1) is 10.8 Å². The number of aromatic nitrogens is 8. The number of tetrazole rings is 2. The lowest BCUT2D eigenvalue weighted by atomic mass is 11.0. The zero-order valence-electron chi connectivity index (χ0n) is 5.88. The predicted molar refractivity (Wildman–Crippen MR) is 32.6 cm³/mol. The molecular formula is C2N10O-2. The van der Waals surface area contributed by atoms with E-state index in [0.717, 1.165) is 0 Å². The smallest absolute Gasteiger partial charge is 0.302 e. The molecule has 2 aromatic rings. The van der Waals surface area contributed by atoms with Gasteiger partial charge >= 0.3 is 5.95 Å². The molecule has 0 bridgehead atoms. The number of rotatable bonds is 3. The Morgan fingerprint density at radius 3 is 2.54 bits per heavy atom. The minimum absolute atomic E-state index is 0.0681. The van der Waals surface area contributed by atoms with Crippen LogP contribution in [0.1, 0.15) is 0 Å². The van der Waals surface area contributed by atoms with Crippen LogP contribution < -0.4 is 10.2 Å². The van der Waals surface area contributed by atoms with Crippen LogP contribution in [0.3, 0.4) is 0 Å². The van der Waals surface area contributed by atoms with Crippen molar-refractivity contribution in [1.82, 2.24) is 41.2 Å². The fourth-order valence-corrected chi connectivity index (χ4v) is 0.522. The average Bonchev–Trinajstić information content (AvgIpc) is 2.74. The van der Waals surface area contributed by atoms with Gasteiger partial charge in [-0.3, -0.25) is 0 Å². The number of hydrogen-bond acceptors (Lipinski definition) is 7. The van der Waals surface area contributed by atoms with Gasteiger partial charge in [0.1, 0.15) is 0 Å². The maximum atomic E-state index is 11.0. The van der Waals surface area contributed by atoms with Gasteiger partial charge in [0.25, 0.3) is 0 Å². The molecular weight excluding hydrogens is 180 g/mol. The Bertz CT molecular complexity index is 373. The molecule has 0 N–H and O–H groups in total. The lowest BCUT2D eigenvalue weighted by molar-refractivity contribution is -0.411. The SMILES string of the molecule is O=[N+]([N-]c1nnn[n-]1)c1nnn[n-]1. The van der Waals surface area contributed by atoms with Crippen molar-refractivity contribution in [2.45, 2.75) is 0 Å². The first-order chi connectivity index (χ1) is 6.36. The Labute approximate surface area is 69.5 Å². The maximum absolute atomic E-state index is 11.0. The van der Waals surface area contributed by atoms with Gasteiger partial charge in [0.15, 0.2) is 0 Å². The first-order valence-corrected chi connectivity index (χ1v) is 2.92. The van der Waals surface area contributed by atoms with Gasteiger partial charge in [0, 0.05) is 0 Å². The molecule has 0 aliphatic heterocycles. The normalized spacial score (nSPS) is 9.85. The zero-order chi connectivity index (χ0) is 9.10. The first-order valence-electron chi connectivity index (χ1n) is 2.92. The summed E-state index contributed by atoms with van der Waals surface area (Å²) in [5.41, 5.74) is 3.29. The van der Waals surface area contributed by atoms with Crippen molar-refractivity contribution in [2.24, 2.45) is 0 Å². The number of nitrogens with zero attached hydrogens (tertiary/aromatic N) is 10. The molecule has 66 valence electrons. The average molecular weight is 180 g/mol. The molecule has 11 heteroatoms. The Morgan fingerprint density at radius 2 is 1.92 bits per heavy atom. The van der Waals surface area contributed by atoms with Crippen LogP contribution in [0.2, 0.25) is 0 Å². The molecule has 0 aliphatic rings. The van der Waals surface area contributed by atoms with Crippen molar-refractivity contribution in [3.05, 3.63) is 10.3 Å². The van der Waals surface area contributed by atoms with Crippen LogP contribution in [0, 0.1) is 4.91 Å². The van der Waals surface area contributed by atoms with Gasteiger partial charge in [0.05, 0.1) is 0 Å². The van der Waals surface area contributed by atoms with Gasteiger partial charge in [-0.2, -0.15) is 4.91 Å². The van der Waals surface area contributed by atoms with Gasteiger partial charge in [-0.1, -0.05) is 10.2 Å². The summed E-state index contributed by atoms with van der Waals surface area (Å²) in [7, 11) is 0. The molecule has 0 saturated heterocycles. The summed E-state index contributed by atoms with van der Waals surface area (Å²) >= 11 is 0. The van der Waals surface area contributed by atoms with Gasteiger partial charge < -0.3 is 15.6 Å². The Hall–Kier alpha value is -2.46. The predicted octanol–water partition coefficient (Wildman–Crippen LogP) is -2.00. The highest BCUT2D eigenvalue weighted by Gasteiger charge is 1.98. The molecule has 0 radical (unpaired) electrons. The number of nitroso groups, excluding NO2 is 1. The van der Waals surface area contributed by atoms with E-state index in [1.165, 1.54) is 0 Å². The third-order valence-electron chi connectivity index (χ3n) is 0.968. The molecule has 0 unspecified atom stereocenters. The van der Waals surface area contributed by atoms with E-state index >= 15 is 0 Å². The van der Waals surface area contributed by atoms with Gasteiger partial charge in [-0.05, 0) is 10.4 Å². The Balaban J connectivity index is 2.08. The van der Waals surface area contributed by atoms with E-state index < -0.39 is 0 Å². The topological polar surface area (TPSA) is 140 Å². The molecule has 0 fully saturated rings. The summed E-state index contributed by atoms with van der Waals surface area (Å²) in [6.07, 6.45) is 0. The summed E-state index contributed by atoms with van der Waals surface area (Å²) in [4.78, 5) is 11.1. The van der Waals surface area contributed by atoms with E-state index in [9.17, 15) is 4.91 Å². The molecule has 13 heavy (non-hydrogen) atoms. The van der Waals surface area contributed by atoms with Gasteiger partial charge in [-0.25, -0.2) is 10.4 Å². The summed E-state index contributed by atoms with van der Waals surface area (Å²) in [5, 5.41) is 25.5. The summed E-state index contributed by atoms with van der Waals surface area (Å²) in [6, 6.07) is 0. The van der Waals surface area contributed by atoms with E-state index in [1.807, 2.05) is 0 Å². The highest BCUT2D eigenvalue weighted by molar-refractivity contribution is 5.21. The highest BCUT2D eigenvalue weighted by atomic mass is 16.3. The summed E-state index contributed by atoms with van der Waals surface area (Å²) in [6.45, 7) is 0. The molecule has 0 aromatic carbocycles. The third-order valence-corrected chi connectivity index (χ3v) is 0.968. The van der Waals surface area contributed by atoms with E-state index in [4.69, 9.17) is 0 Å².